The van der Waals surface area contributed by atoms with Crippen molar-refractivity contribution in [1.29, 1.82) is 0 Å². The van der Waals surface area contributed by atoms with Crippen LogP contribution in [0.15, 0.2) is 18.2 Å². The Balaban J connectivity index is 1.99. The van der Waals surface area contributed by atoms with Crippen molar-refractivity contribution in [2.24, 2.45) is 11.7 Å². The summed E-state index contributed by atoms with van der Waals surface area (Å²) in [4.78, 5) is 11.8. The molecule has 18 heavy (non-hydrogen) atoms. The molecule has 0 bridgehead atoms. The highest BCUT2D eigenvalue weighted by atomic mass is 16.5. The van der Waals surface area contributed by atoms with Gasteiger partial charge in [-0.1, -0.05) is 19.9 Å². The molecule has 1 aliphatic rings. The maximum absolute atomic E-state index is 11.8. The molecule has 0 radical (unpaired) electrons. The quantitative estimate of drug-likeness (QED) is 0.657. The molecule has 1 aromatic carbocycles. The molecule has 3 nitrogen and oxygen atoms in total. The number of esters is 1. The van der Waals surface area contributed by atoms with Crippen LogP contribution in [0.5, 0.6) is 5.75 Å². The van der Waals surface area contributed by atoms with Crippen molar-refractivity contribution in [2.45, 2.75) is 45.6 Å². The molecular formula is C15H21NO2. The molecule has 1 aliphatic carbocycles. The van der Waals surface area contributed by atoms with Crippen molar-refractivity contribution < 1.29 is 9.53 Å². The summed E-state index contributed by atoms with van der Waals surface area (Å²) < 4.78 is 5.34. The number of aryl methyl sites for hydroxylation is 2. The molecule has 1 aromatic rings. The van der Waals surface area contributed by atoms with Gasteiger partial charge in [-0.25, -0.2) is 4.79 Å². The summed E-state index contributed by atoms with van der Waals surface area (Å²) in [5, 5.41) is 0. The monoisotopic (exact) mass is 247 g/mol. The molecule has 0 aliphatic heterocycles. The lowest BCUT2D eigenvalue weighted by molar-refractivity contribution is -0.136. The van der Waals surface area contributed by atoms with Crippen LogP contribution in [0.3, 0.4) is 0 Å². The molecule has 0 saturated heterocycles. The first-order chi connectivity index (χ1) is 8.56. The molecule has 2 rings (SSSR count). The minimum Gasteiger partial charge on any atom is -0.425 e. The fraction of sp³-hybridized carbons (Fsp3) is 0.533. The summed E-state index contributed by atoms with van der Waals surface area (Å²) in [5.41, 5.74) is 8.48. The highest BCUT2D eigenvalue weighted by molar-refractivity contribution is 5.78. The highest BCUT2D eigenvalue weighted by Crippen LogP contribution is 2.26. The smallest absolute Gasteiger partial charge is 0.328 e. The van der Waals surface area contributed by atoms with Crippen LogP contribution in [0.4, 0.5) is 0 Å². The predicted octanol–water partition coefficient (Wildman–Crippen LogP) is 2.45. The standard InChI is InChI=1S/C15H21NO2/c1-10(2)8-14(16)15(17)18-13-7-6-11-4-3-5-12(11)9-13/h6-7,9-10,14H,3-5,8,16H2,1-2H3. The van der Waals surface area contributed by atoms with E-state index in [4.69, 9.17) is 10.5 Å². The van der Waals surface area contributed by atoms with Crippen LogP contribution >= 0.6 is 0 Å². The van der Waals surface area contributed by atoms with E-state index in [2.05, 4.69) is 6.07 Å². The number of rotatable bonds is 4. The van der Waals surface area contributed by atoms with Gasteiger partial charge < -0.3 is 10.5 Å². The minimum absolute atomic E-state index is 0.332. The number of hydrogen-bond acceptors (Lipinski definition) is 3. The Bertz CT molecular complexity index is 440. The van der Waals surface area contributed by atoms with E-state index >= 15 is 0 Å². The van der Waals surface area contributed by atoms with Crippen LogP contribution in [-0.2, 0) is 17.6 Å². The first-order valence-corrected chi connectivity index (χ1v) is 6.65. The van der Waals surface area contributed by atoms with Crippen molar-refractivity contribution in [3.8, 4) is 5.75 Å². The summed E-state index contributed by atoms with van der Waals surface area (Å²) in [6.07, 6.45) is 4.07. The molecule has 0 fully saturated rings. The molecule has 0 heterocycles. The zero-order valence-electron chi connectivity index (χ0n) is 11.1. The van der Waals surface area contributed by atoms with Crippen molar-refractivity contribution in [1.82, 2.24) is 0 Å². The normalized spacial score (nSPS) is 15.6. The molecule has 0 spiro atoms. The summed E-state index contributed by atoms with van der Waals surface area (Å²) in [6, 6.07) is 5.36. The molecule has 0 saturated carbocycles. The molecular weight excluding hydrogens is 226 g/mol. The Kier molecular flexibility index (Phi) is 4.02. The second-order valence-electron chi connectivity index (χ2n) is 5.44. The van der Waals surface area contributed by atoms with Gasteiger partial charge in [0.1, 0.15) is 11.8 Å². The number of ether oxygens (including phenoxy) is 1. The number of carbonyl (C=O) groups is 1. The zero-order chi connectivity index (χ0) is 13.1. The molecule has 98 valence electrons. The Morgan fingerprint density at radius 2 is 2.06 bits per heavy atom. The van der Waals surface area contributed by atoms with E-state index in [9.17, 15) is 4.79 Å². The molecule has 0 aromatic heterocycles. The SMILES string of the molecule is CC(C)CC(N)C(=O)Oc1ccc2c(c1)CCC2. The molecule has 2 N–H and O–H groups in total. The van der Waals surface area contributed by atoms with E-state index in [1.54, 1.807) is 0 Å². The number of fused-ring (bicyclic) bond motifs is 1. The van der Waals surface area contributed by atoms with Crippen molar-refractivity contribution in [3.63, 3.8) is 0 Å². The van der Waals surface area contributed by atoms with Gasteiger partial charge in [0.2, 0.25) is 0 Å². The number of nitrogens with two attached hydrogens (primary N) is 1. The van der Waals surface area contributed by atoms with Gasteiger partial charge in [-0.15, -0.1) is 0 Å². The van der Waals surface area contributed by atoms with Crippen LogP contribution in [0.2, 0.25) is 0 Å². The first kappa shape index (κ1) is 13.1. The van der Waals surface area contributed by atoms with Gasteiger partial charge in [-0.05, 0) is 54.9 Å². The Labute approximate surface area is 108 Å². The van der Waals surface area contributed by atoms with Crippen LogP contribution in [0.1, 0.15) is 37.8 Å². The first-order valence-electron chi connectivity index (χ1n) is 6.65. The predicted molar refractivity (Wildman–Crippen MR) is 71.5 cm³/mol. The maximum Gasteiger partial charge on any atom is 0.328 e. The fourth-order valence-corrected chi connectivity index (χ4v) is 2.41. The Hall–Kier alpha value is -1.35. The fourth-order valence-electron chi connectivity index (χ4n) is 2.41. The highest BCUT2D eigenvalue weighted by Gasteiger charge is 2.18. The number of hydrogen-bond donors (Lipinski definition) is 1. The van der Waals surface area contributed by atoms with E-state index in [1.165, 1.54) is 17.5 Å². The van der Waals surface area contributed by atoms with E-state index < -0.39 is 6.04 Å². The lowest BCUT2D eigenvalue weighted by Gasteiger charge is -2.13. The molecule has 3 heteroatoms. The minimum atomic E-state index is -0.529. The molecule has 1 unspecified atom stereocenters. The molecule has 0 amide bonds. The van der Waals surface area contributed by atoms with E-state index in [0.29, 0.717) is 18.1 Å². The average molecular weight is 247 g/mol. The second kappa shape index (κ2) is 5.53. The van der Waals surface area contributed by atoms with Gasteiger partial charge >= 0.3 is 5.97 Å². The van der Waals surface area contributed by atoms with Gasteiger partial charge in [0, 0.05) is 0 Å². The van der Waals surface area contributed by atoms with Crippen LogP contribution < -0.4 is 10.5 Å². The molecule has 1 atom stereocenters. The third-order valence-corrected chi connectivity index (χ3v) is 3.32. The van der Waals surface area contributed by atoms with E-state index in [1.807, 2.05) is 26.0 Å². The van der Waals surface area contributed by atoms with Crippen molar-refractivity contribution in [2.75, 3.05) is 0 Å². The summed E-state index contributed by atoms with van der Waals surface area (Å²) in [7, 11) is 0. The van der Waals surface area contributed by atoms with Crippen LogP contribution in [-0.4, -0.2) is 12.0 Å². The Morgan fingerprint density at radius 1 is 1.33 bits per heavy atom. The summed E-state index contributed by atoms with van der Waals surface area (Å²) in [5.74, 6) is 0.689. The van der Waals surface area contributed by atoms with Crippen LogP contribution in [0, 0.1) is 5.92 Å². The average Bonchev–Trinajstić information content (AvgIpc) is 2.75. The van der Waals surface area contributed by atoms with Gasteiger partial charge in [0.25, 0.3) is 0 Å². The van der Waals surface area contributed by atoms with E-state index in [0.717, 1.165) is 12.8 Å². The van der Waals surface area contributed by atoms with E-state index in [-0.39, 0.29) is 5.97 Å². The largest absolute Gasteiger partial charge is 0.425 e. The number of benzene rings is 1. The van der Waals surface area contributed by atoms with Crippen molar-refractivity contribution >= 4 is 5.97 Å². The third-order valence-electron chi connectivity index (χ3n) is 3.32. The second-order valence-corrected chi connectivity index (χ2v) is 5.44. The van der Waals surface area contributed by atoms with Gasteiger partial charge in [-0.3, -0.25) is 0 Å². The van der Waals surface area contributed by atoms with Crippen molar-refractivity contribution in [3.05, 3.63) is 29.3 Å². The van der Waals surface area contributed by atoms with Gasteiger partial charge in [-0.2, -0.15) is 0 Å². The Morgan fingerprint density at radius 3 is 2.78 bits per heavy atom. The summed E-state index contributed by atoms with van der Waals surface area (Å²) in [6.45, 7) is 4.09. The number of carbonyl (C=O) groups excluding carboxylic acids is 1. The maximum atomic E-state index is 11.8. The van der Waals surface area contributed by atoms with Crippen LogP contribution in [0.25, 0.3) is 0 Å². The zero-order valence-corrected chi connectivity index (χ0v) is 11.1. The third kappa shape index (κ3) is 3.10. The van der Waals surface area contributed by atoms with Gasteiger partial charge in [0.15, 0.2) is 0 Å². The summed E-state index contributed by atoms with van der Waals surface area (Å²) >= 11 is 0. The lowest BCUT2D eigenvalue weighted by atomic mass is 10.0. The lowest BCUT2D eigenvalue weighted by Crippen LogP contribution is -2.35. The topological polar surface area (TPSA) is 52.3 Å². The van der Waals surface area contributed by atoms with Gasteiger partial charge in [0.05, 0.1) is 0 Å².